The fourth-order valence-corrected chi connectivity index (χ4v) is 4.01. The van der Waals surface area contributed by atoms with Gasteiger partial charge in [0.15, 0.2) is 0 Å². The number of halogens is 1. The molecule has 30 heavy (non-hydrogen) atoms. The van der Waals surface area contributed by atoms with Crippen LogP contribution in [0.3, 0.4) is 0 Å². The van der Waals surface area contributed by atoms with Crippen LogP contribution in [-0.2, 0) is 22.4 Å². The molecule has 1 aliphatic carbocycles. The van der Waals surface area contributed by atoms with Crippen LogP contribution in [0.2, 0.25) is 5.02 Å². The first-order valence-corrected chi connectivity index (χ1v) is 11.0. The van der Waals surface area contributed by atoms with E-state index in [1.807, 2.05) is 25.1 Å². The molecule has 0 amide bonds. The van der Waals surface area contributed by atoms with Gasteiger partial charge in [-0.05, 0) is 79.6 Å². The molecule has 1 aliphatic rings. The molecule has 2 atom stereocenters. The molecule has 2 aromatic carbocycles. The maximum absolute atomic E-state index is 11.4. The molecule has 0 saturated carbocycles. The van der Waals surface area contributed by atoms with E-state index in [1.54, 1.807) is 12.1 Å². The highest BCUT2D eigenvalue weighted by Gasteiger charge is 2.22. The number of nitrogens with one attached hydrogen (secondary N) is 1. The molecule has 0 heterocycles. The van der Waals surface area contributed by atoms with E-state index in [2.05, 4.69) is 17.4 Å². The number of aliphatic hydroxyl groups excluding tert-OH is 1. The van der Waals surface area contributed by atoms with Crippen molar-refractivity contribution in [3.63, 3.8) is 0 Å². The van der Waals surface area contributed by atoms with Gasteiger partial charge < -0.3 is 19.9 Å². The first kappa shape index (κ1) is 22.6. The van der Waals surface area contributed by atoms with Gasteiger partial charge in [0.2, 0.25) is 0 Å². The molecule has 0 fully saturated rings. The van der Waals surface area contributed by atoms with Crippen LogP contribution in [0.5, 0.6) is 5.75 Å². The lowest BCUT2D eigenvalue weighted by Gasteiger charge is -2.15. The van der Waals surface area contributed by atoms with E-state index in [0.29, 0.717) is 43.5 Å². The average Bonchev–Trinajstić information content (AvgIpc) is 3.13. The lowest BCUT2D eigenvalue weighted by Crippen LogP contribution is -2.27. The summed E-state index contributed by atoms with van der Waals surface area (Å²) in [6.45, 7) is 4.08. The van der Waals surface area contributed by atoms with Crippen molar-refractivity contribution in [3.05, 3.63) is 64.2 Å². The molecular weight excluding hydrogens is 402 g/mol. The van der Waals surface area contributed by atoms with Crippen LogP contribution in [0.1, 0.15) is 42.6 Å². The smallest absolute Gasteiger partial charge is 0.305 e. The van der Waals surface area contributed by atoms with Crippen molar-refractivity contribution in [2.45, 2.75) is 38.7 Å². The van der Waals surface area contributed by atoms with Gasteiger partial charge in [0, 0.05) is 18.0 Å². The van der Waals surface area contributed by atoms with Crippen molar-refractivity contribution in [2.75, 3.05) is 26.3 Å². The van der Waals surface area contributed by atoms with Crippen LogP contribution in [0.25, 0.3) is 0 Å². The predicted octanol–water partition coefficient (Wildman–Crippen LogP) is 4.10. The highest BCUT2D eigenvalue weighted by atomic mass is 35.5. The quantitative estimate of drug-likeness (QED) is 0.414. The lowest BCUT2D eigenvalue weighted by atomic mass is 10.1. The Hall–Kier alpha value is -2.08. The Labute approximate surface area is 183 Å². The molecule has 3 rings (SSSR count). The standard InChI is InChI=1S/C24H30ClNO4/c1-2-29-24(28)7-4-10-30-22-9-8-18-11-17(12-20(18)14-22)15-26-16-23(27)19-5-3-6-21(25)13-19/h3,5-6,8-9,13-14,17,23,26-27H,2,4,7,10-12,15-16H2,1H3. The number of esters is 1. The minimum Gasteiger partial charge on any atom is -0.494 e. The zero-order valence-corrected chi connectivity index (χ0v) is 18.2. The molecule has 0 aromatic heterocycles. The summed E-state index contributed by atoms with van der Waals surface area (Å²) in [7, 11) is 0. The molecular formula is C24H30ClNO4. The molecule has 162 valence electrons. The summed E-state index contributed by atoms with van der Waals surface area (Å²) < 4.78 is 10.7. The van der Waals surface area contributed by atoms with Gasteiger partial charge in [-0.1, -0.05) is 29.8 Å². The second-order valence-electron chi connectivity index (χ2n) is 7.69. The monoisotopic (exact) mass is 431 g/mol. The van der Waals surface area contributed by atoms with Crippen molar-refractivity contribution in [1.29, 1.82) is 0 Å². The van der Waals surface area contributed by atoms with Gasteiger partial charge in [-0.2, -0.15) is 0 Å². The van der Waals surface area contributed by atoms with Crippen molar-refractivity contribution >= 4 is 17.6 Å². The van der Waals surface area contributed by atoms with Crippen LogP contribution >= 0.6 is 11.6 Å². The maximum atomic E-state index is 11.4. The number of carbonyl (C=O) groups is 1. The highest BCUT2D eigenvalue weighted by Crippen LogP contribution is 2.30. The molecule has 2 unspecified atom stereocenters. The van der Waals surface area contributed by atoms with E-state index in [-0.39, 0.29) is 5.97 Å². The van der Waals surface area contributed by atoms with E-state index < -0.39 is 6.10 Å². The summed E-state index contributed by atoms with van der Waals surface area (Å²) >= 11 is 6.00. The SMILES string of the molecule is CCOC(=O)CCCOc1ccc2c(c1)CC(CNCC(O)c1cccc(Cl)c1)C2. The Morgan fingerprint density at radius 3 is 2.87 bits per heavy atom. The molecule has 0 radical (unpaired) electrons. The Morgan fingerprint density at radius 2 is 2.07 bits per heavy atom. The van der Waals surface area contributed by atoms with E-state index in [0.717, 1.165) is 30.7 Å². The predicted molar refractivity (Wildman–Crippen MR) is 118 cm³/mol. The van der Waals surface area contributed by atoms with Crippen molar-refractivity contribution in [3.8, 4) is 5.75 Å². The van der Waals surface area contributed by atoms with Crippen molar-refractivity contribution in [2.24, 2.45) is 5.92 Å². The fraction of sp³-hybridized carbons (Fsp3) is 0.458. The number of carbonyl (C=O) groups excluding carboxylic acids is 1. The van der Waals surface area contributed by atoms with Gasteiger partial charge in [-0.3, -0.25) is 4.79 Å². The Morgan fingerprint density at radius 1 is 1.23 bits per heavy atom. The summed E-state index contributed by atoms with van der Waals surface area (Å²) in [5.41, 5.74) is 3.51. The Balaban J connectivity index is 1.39. The Kier molecular flexibility index (Phi) is 8.55. The van der Waals surface area contributed by atoms with Gasteiger partial charge in [-0.25, -0.2) is 0 Å². The van der Waals surface area contributed by atoms with Crippen LogP contribution in [0.15, 0.2) is 42.5 Å². The van der Waals surface area contributed by atoms with Gasteiger partial charge in [0.05, 0.1) is 19.3 Å². The van der Waals surface area contributed by atoms with Crippen LogP contribution in [0, 0.1) is 5.92 Å². The van der Waals surface area contributed by atoms with Crippen molar-refractivity contribution in [1.82, 2.24) is 5.32 Å². The third-order valence-corrected chi connectivity index (χ3v) is 5.53. The average molecular weight is 432 g/mol. The maximum Gasteiger partial charge on any atom is 0.305 e. The van der Waals surface area contributed by atoms with E-state index >= 15 is 0 Å². The normalized spacial score (nSPS) is 16.2. The Bertz CT molecular complexity index is 842. The summed E-state index contributed by atoms with van der Waals surface area (Å²) in [5, 5.41) is 14.4. The molecule has 0 bridgehead atoms. The summed E-state index contributed by atoms with van der Waals surface area (Å²) in [5.74, 6) is 1.18. The molecule has 2 N–H and O–H groups in total. The van der Waals surface area contributed by atoms with Gasteiger partial charge in [-0.15, -0.1) is 0 Å². The number of hydrogen-bond donors (Lipinski definition) is 2. The van der Waals surface area contributed by atoms with E-state index in [9.17, 15) is 9.90 Å². The third-order valence-electron chi connectivity index (χ3n) is 5.30. The van der Waals surface area contributed by atoms with Crippen LogP contribution in [-0.4, -0.2) is 37.4 Å². The van der Waals surface area contributed by atoms with Crippen LogP contribution < -0.4 is 10.1 Å². The largest absolute Gasteiger partial charge is 0.494 e. The molecule has 0 saturated heterocycles. The third kappa shape index (κ3) is 6.73. The van der Waals surface area contributed by atoms with Crippen LogP contribution in [0.4, 0.5) is 0 Å². The first-order chi connectivity index (χ1) is 14.5. The lowest BCUT2D eigenvalue weighted by molar-refractivity contribution is -0.143. The molecule has 0 aliphatic heterocycles. The first-order valence-electron chi connectivity index (χ1n) is 10.6. The summed E-state index contributed by atoms with van der Waals surface area (Å²) in [6.07, 6.45) is 2.49. The zero-order chi connectivity index (χ0) is 21.3. The van der Waals surface area contributed by atoms with E-state index in [1.165, 1.54) is 11.1 Å². The molecule has 5 nitrogen and oxygen atoms in total. The number of fused-ring (bicyclic) bond motifs is 1. The highest BCUT2D eigenvalue weighted by molar-refractivity contribution is 6.30. The number of ether oxygens (including phenoxy) is 2. The van der Waals surface area contributed by atoms with E-state index in [4.69, 9.17) is 21.1 Å². The molecule has 6 heteroatoms. The summed E-state index contributed by atoms with van der Waals surface area (Å²) in [6, 6.07) is 13.6. The number of rotatable bonds is 11. The molecule has 2 aromatic rings. The number of benzene rings is 2. The molecule has 0 spiro atoms. The van der Waals surface area contributed by atoms with Gasteiger partial charge in [0.1, 0.15) is 5.75 Å². The van der Waals surface area contributed by atoms with Gasteiger partial charge >= 0.3 is 5.97 Å². The van der Waals surface area contributed by atoms with Gasteiger partial charge in [0.25, 0.3) is 0 Å². The number of aliphatic hydroxyl groups is 1. The number of hydrogen-bond acceptors (Lipinski definition) is 5. The minimum atomic E-state index is -0.568. The van der Waals surface area contributed by atoms with Crippen molar-refractivity contribution < 1.29 is 19.4 Å². The fourth-order valence-electron chi connectivity index (χ4n) is 3.82. The summed E-state index contributed by atoms with van der Waals surface area (Å²) in [4.78, 5) is 11.4. The second-order valence-corrected chi connectivity index (χ2v) is 8.13. The zero-order valence-electron chi connectivity index (χ0n) is 17.4. The minimum absolute atomic E-state index is 0.175. The second kappa shape index (κ2) is 11.3. The topological polar surface area (TPSA) is 67.8 Å².